The first-order valence-corrected chi connectivity index (χ1v) is 6.68. The summed E-state index contributed by atoms with van der Waals surface area (Å²) in [6, 6.07) is 4.46. The Morgan fingerprint density at radius 1 is 1.50 bits per heavy atom. The molecule has 2 atom stereocenters. The Balaban J connectivity index is 2.35. The van der Waals surface area contributed by atoms with Crippen molar-refractivity contribution in [2.75, 3.05) is 18.0 Å². The summed E-state index contributed by atoms with van der Waals surface area (Å²) in [7, 11) is 0. The molecule has 0 aliphatic carbocycles. The van der Waals surface area contributed by atoms with Gasteiger partial charge in [-0.1, -0.05) is 18.5 Å². The summed E-state index contributed by atoms with van der Waals surface area (Å²) < 4.78 is 0. The third-order valence-electron chi connectivity index (χ3n) is 3.48. The molecule has 7 heteroatoms. The van der Waals surface area contributed by atoms with Crippen molar-refractivity contribution in [1.82, 2.24) is 0 Å². The van der Waals surface area contributed by atoms with Gasteiger partial charge in [0, 0.05) is 24.2 Å². The van der Waals surface area contributed by atoms with Crippen molar-refractivity contribution >= 4 is 28.9 Å². The number of carboxylic acids is 1. The van der Waals surface area contributed by atoms with E-state index in [-0.39, 0.29) is 18.2 Å². The van der Waals surface area contributed by atoms with Crippen LogP contribution in [-0.4, -0.2) is 29.1 Å². The number of halogens is 1. The van der Waals surface area contributed by atoms with Gasteiger partial charge in [-0.3, -0.25) is 14.9 Å². The molecule has 1 aromatic carbocycles. The van der Waals surface area contributed by atoms with Crippen LogP contribution >= 0.6 is 11.6 Å². The molecule has 0 saturated carbocycles. The fraction of sp³-hybridized carbons (Fsp3) is 0.462. The van der Waals surface area contributed by atoms with Crippen LogP contribution in [0.5, 0.6) is 0 Å². The van der Waals surface area contributed by atoms with Crippen LogP contribution in [-0.2, 0) is 4.79 Å². The maximum atomic E-state index is 11.2. The molecule has 1 fully saturated rings. The Morgan fingerprint density at radius 2 is 2.20 bits per heavy atom. The van der Waals surface area contributed by atoms with Gasteiger partial charge in [-0.2, -0.15) is 0 Å². The average Bonchev–Trinajstić information content (AvgIpc) is 2.37. The maximum absolute atomic E-state index is 11.2. The molecule has 1 aliphatic rings. The Bertz CT molecular complexity index is 549. The van der Waals surface area contributed by atoms with Crippen LogP contribution in [0, 0.1) is 22.0 Å². The quantitative estimate of drug-likeness (QED) is 0.685. The Morgan fingerprint density at radius 3 is 2.80 bits per heavy atom. The number of hydrogen-bond donors (Lipinski definition) is 1. The van der Waals surface area contributed by atoms with Crippen molar-refractivity contribution in [1.29, 1.82) is 0 Å². The standard InChI is InChI=1S/C13H15ClN2O4/c1-8-4-9(13(17)18)7-15(6-8)11-3-2-10(14)5-12(11)16(19)20/h2-3,5,8-9H,4,6-7H2,1H3,(H,17,18). The topological polar surface area (TPSA) is 83.7 Å². The van der Waals surface area contributed by atoms with Crippen molar-refractivity contribution in [2.45, 2.75) is 13.3 Å². The lowest BCUT2D eigenvalue weighted by atomic mass is 9.90. The number of nitro groups is 1. The van der Waals surface area contributed by atoms with Crippen LogP contribution in [0.2, 0.25) is 5.02 Å². The van der Waals surface area contributed by atoms with Crippen LogP contribution in [0.3, 0.4) is 0 Å². The highest BCUT2D eigenvalue weighted by Gasteiger charge is 2.32. The number of piperidine rings is 1. The number of aliphatic carboxylic acids is 1. The zero-order valence-electron chi connectivity index (χ0n) is 11.0. The second kappa shape index (κ2) is 5.66. The summed E-state index contributed by atoms with van der Waals surface area (Å²) >= 11 is 5.79. The van der Waals surface area contributed by atoms with Gasteiger partial charge in [0.1, 0.15) is 5.69 Å². The van der Waals surface area contributed by atoms with E-state index in [4.69, 9.17) is 16.7 Å². The third kappa shape index (κ3) is 3.01. The number of carbonyl (C=O) groups is 1. The number of nitro benzene ring substituents is 1. The van der Waals surface area contributed by atoms with Crippen molar-refractivity contribution < 1.29 is 14.8 Å². The van der Waals surface area contributed by atoms with Crippen molar-refractivity contribution in [3.8, 4) is 0 Å². The summed E-state index contributed by atoms with van der Waals surface area (Å²) in [5, 5.41) is 20.6. The summed E-state index contributed by atoms with van der Waals surface area (Å²) in [5.74, 6) is -1.20. The number of benzene rings is 1. The molecule has 2 rings (SSSR count). The molecule has 1 N–H and O–H groups in total. The molecule has 0 radical (unpaired) electrons. The smallest absolute Gasteiger partial charge is 0.308 e. The molecule has 1 aliphatic heterocycles. The molecule has 0 amide bonds. The highest BCUT2D eigenvalue weighted by molar-refractivity contribution is 6.30. The minimum atomic E-state index is -0.863. The van der Waals surface area contributed by atoms with E-state index >= 15 is 0 Å². The minimum Gasteiger partial charge on any atom is -0.481 e. The average molecular weight is 299 g/mol. The first-order chi connectivity index (χ1) is 9.38. The van der Waals surface area contributed by atoms with E-state index in [1.165, 1.54) is 6.07 Å². The number of rotatable bonds is 3. The van der Waals surface area contributed by atoms with Crippen LogP contribution in [0.15, 0.2) is 18.2 Å². The lowest BCUT2D eigenvalue weighted by Gasteiger charge is -2.35. The van der Waals surface area contributed by atoms with Crippen LogP contribution < -0.4 is 4.90 Å². The summed E-state index contributed by atoms with van der Waals surface area (Å²) in [4.78, 5) is 23.6. The normalized spacial score (nSPS) is 22.6. The first kappa shape index (κ1) is 14.6. The predicted octanol–water partition coefficient (Wildman–Crippen LogP) is 2.80. The Hall–Kier alpha value is -1.82. The van der Waals surface area contributed by atoms with Gasteiger partial charge in [-0.15, -0.1) is 0 Å². The molecule has 0 bridgehead atoms. The molecule has 0 spiro atoms. The fourth-order valence-corrected chi connectivity index (χ4v) is 2.80. The lowest BCUT2D eigenvalue weighted by molar-refractivity contribution is -0.384. The molecule has 1 aromatic rings. The van der Waals surface area contributed by atoms with Crippen molar-refractivity contribution in [3.05, 3.63) is 33.3 Å². The summed E-state index contributed by atoms with van der Waals surface area (Å²) in [6.07, 6.45) is 0.590. The number of carboxylic acid groups (broad SMARTS) is 1. The molecule has 1 saturated heterocycles. The Kier molecular flexibility index (Phi) is 4.13. The highest BCUT2D eigenvalue weighted by Crippen LogP contribution is 2.34. The van der Waals surface area contributed by atoms with Gasteiger partial charge in [0.15, 0.2) is 0 Å². The van der Waals surface area contributed by atoms with E-state index in [0.717, 1.165) is 0 Å². The van der Waals surface area contributed by atoms with Crippen LogP contribution in [0.1, 0.15) is 13.3 Å². The van der Waals surface area contributed by atoms with Crippen molar-refractivity contribution in [3.63, 3.8) is 0 Å². The van der Waals surface area contributed by atoms with Gasteiger partial charge < -0.3 is 10.0 Å². The van der Waals surface area contributed by atoms with Gasteiger partial charge in [0.05, 0.1) is 10.8 Å². The predicted molar refractivity (Wildman–Crippen MR) is 75.2 cm³/mol. The van der Waals surface area contributed by atoms with E-state index in [9.17, 15) is 14.9 Å². The molecule has 108 valence electrons. The SMILES string of the molecule is CC1CC(C(=O)O)CN(c2ccc(Cl)cc2[N+](=O)[O-])C1. The van der Waals surface area contributed by atoms with Crippen molar-refractivity contribution in [2.24, 2.45) is 11.8 Å². The Labute approximate surface area is 121 Å². The molecule has 2 unspecified atom stereocenters. The number of hydrogen-bond acceptors (Lipinski definition) is 4. The van der Waals surface area contributed by atoms with Gasteiger partial charge >= 0.3 is 5.97 Å². The maximum Gasteiger partial charge on any atom is 0.308 e. The van der Waals surface area contributed by atoms with Crippen LogP contribution in [0.4, 0.5) is 11.4 Å². The van der Waals surface area contributed by atoms with Gasteiger partial charge in [-0.05, 0) is 24.5 Å². The monoisotopic (exact) mass is 298 g/mol. The fourth-order valence-electron chi connectivity index (χ4n) is 2.64. The van der Waals surface area contributed by atoms with Gasteiger partial charge in [0.25, 0.3) is 5.69 Å². The summed E-state index contributed by atoms with van der Waals surface area (Å²) in [5.41, 5.74) is 0.341. The number of nitrogens with zero attached hydrogens (tertiary/aromatic N) is 2. The zero-order valence-corrected chi connectivity index (χ0v) is 11.7. The van der Waals surface area contributed by atoms with E-state index < -0.39 is 16.8 Å². The second-order valence-corrected chi connectivity index (χ2v) is 5.61. The van der Waals surface area contributed by atoms with E-state index in [1.807, 2.05) is 6.92 Å². The minimum absolute atomic E-state index is 0.0873. The van der Waals surface area contributed by atoms with E-state index in [1.54, 1.807) is 17.0 Å². The molecule has 6 nitrogen and oxygen atoms in total. The van der Waals surface area contributed by atoms with Gasteiger partial charge in [-0.25, -0.2) is 0 Å². The molecular weight excluding hydrogens is 284 g/mol. The summed E-state index contributed by atoms with van der Waals surface area (Å²) in [6.45, 7) is 2.83. The highest BCUT2D eigenvalue weighted by atomic mass is 35.5. The van der Waals surface area contributed by atoms with E-state index in [2.05, 4.69) is 0 Å². The first-order valence-electron chi connectivity index (χ1n) is 6.30. The van der Waals surface area contributed by atoms with E-state index in [0.29, 0.717) is 23.7 Å². The molecular formula is C13H15ClN2O4. The molecule has 1 heterocycles. The second-order valence-electron chi connectivity index (χ2n) is 5.17. The number of anilines is 1. The molecule has 0 aromatic heterocycles. The lowest BCUT2D eigenvalue weighted by Crippen LogP contribution is -2.42. The molecule has 20 heavy (non-hydrogen) atoms. The third-order valence-corrected chi connectivity index (χ3v) is 3.72. The van der Waals surface area contributed by atoms with Gasteiger partial charge in [0.2, 0.25) is 0 Å². The van der Waals surface area contributed by atoms with Crippen LogP contribution in [0.25, 0.3) is 0 Å². The largest absolute Gasteiger partial charge is 0.481 e. The zero-order chi connectivity index (χ0) is 14.9.